The molecule has 33 heavy (non-hydrogen) atoms. The van der Waals surface area contributed by atoms with E-state index in [1.54, 1.807) is 53.4 Å². The highest BCUT2D eigenvalue weighted by Crippen LogP contribution is 2.15. The van der Waals surface area contributed by atoms with Crippen LogP contribution in [0.4, 0.5) is 8.78 Å². The van der Waals surface area contributed by atoms with E-state index in [0.717, 1.165) is 24.2 Å². The Balaban J connectivity index is 1.90. The fourth-order valence-electron chi connectivity index (χ4n) is 3.62. The molecule has 2 aromatic carbocycles. The Morgan fingerprint density at radius 2 is 1.76 bits per heavy atom. The highest BCUT2D eigenvalue weighted by Gasteiger charge is 2.24. The molecule has 0 N–H and O–H groups in total. The zero-order valence-electron chi connectivity index (χ0n) is 17.4. The number of carbonyl (C=O) groups is 1. The molecule has 3 aromatic rings. The first-order valence-corrected chi connectivity index (χ1v) is 11.1. The SMILES string of the molecule is N#C/C(C(=O)N1CCCC1)=c1\s/c(=C/c2ccc(OC(F)F)cc2)c(=O)n1-c1ccccc1. The van der Waals surface area contributed by atoms with Crippen molar-refractivity contribution < 1.29 is 18.3 Å². The van der Waals surface area contributed by atoms with Gasteiger partial charge in [-0.05, 0) is 48.7 Å². The molecule has 6 nitrogen and oxygen atoms in total. The molecular weight excluding hydrogens is 448 g/mol. The number of alkyl halides is 2. The molecule has 0 bridgehead atoms. The van der Waals surface area contributed by atoms with Crippen molar-refractivity contribution in [3.63, 3.8) is 0 Å². The molecule has 1 aromatic heterocycles. The largest absolute Gasteiger partial charge is 0.435 e. The summed E-state index contributed by atoms with van der Waals surface area (Å²) in [4.78, 5) is 28.0. The van der Waals surface area contributed by atoms with Crippen molar-refractivity contribution >= 4 is 28.9 Å². The lowest BCUT2D eigenvalue weighted by Crippen LogP contribution is -2.35. The van der Waals surface area contributed by atoms with Crippen molar-refractivity contribution in [2.75, 3.05) is 13.1 Å². The van der Waals surface area contributed by atoms with Crippen molar-refractivity contribution in [1.29, 1.82) is 5.26 Å². The zero-order valence-corrected chi connectivity index (χ0v) is 18.2. The smallest absolute Gasteiger partial charge is 0.387 e. The summed E-state index contributed by atoms with van der Waals surface area (Å²) in [5, 5.41) is 9.85. The monoisotopic (exact) mass is 467 g/mol. The van der Waals surface area contributed by atoms with Crippen molar-refractivity contribution in [3.8, 4) is 17.5 Å². The molecule has 1 amide bonds. The molecule has 4 rings (SSSR count). The number of hydrogen-bond acceptors (Lipinski definition) is 5. The summed E-state index contributed by atoms with van der Waals surface area (Å²) in [6, 6.07) is 16.7. The molecule has 0 radical (unpaired) electrons. The lowest BCUT2D eigenvalue weighted by atomic mass is 10.2. The second-order valence-corrected chi connectivity index (χ2v) is 8.36. The van der Waals surface area contributed by atoms with Crippen LogP contribution in [-0.2, 0) is 4.79 Å². The second-order valence-electron chi connectivity index (χ2n) is 7.33. The van der Waals surface area contributed by atoms with Crippen LogP contribution in [-0.4, -0.2) is 35.1 Å². The van der Waals surface area contributed by atoms with Crippen LogP contribution in [0.1, 0.15) is 18.4 Å². The van der Waals surface area contributed by atoms with Gasteiger partial charge in [-0.1, -0.05) is 30.3 Å². The number of likely N-dealkylation sites (tertiary alicyclic amines) is 1. The van der Waals surface area contributed by atoms with Gasteiger partial charge in [0.05, 0.1) is 10.2 Å². The summed E-state index contributed by atoms with van der Waals surface area (Å²) in [6.07, 6.45) is 3.35. The van der Waals surface area contributed by atoms with E-state index in [2.05, 4.69) is 4.74 Å². The summed E-state index contributed by atoms with van der Waals surface area (Å²) in [5.41, 5.74) is 0.668. The van der Waals surface area contributed by atoms with Crippen molar-refractivity contribution in [1.82, 2.24) is 9.47 Å². The molecule has 9 heteroatoms. The van der Waals surface area contributed by atoms with E-state index >= 15 is 0 Å². The van der Waals surface area contributed by atoms with Gasteiger partial charge in [0.25, 0.3) is 11.5 Å². The van der Waals surface area contributed by atoms with Crippen molar-refractivity contribution in [3.05, 3.63) is 79.7 Å². The van der Waals surface area contributed by atoms with Crippen LogP contribution < -0.4 is 19.5 Å². The molecule has 0 unspecified atom stereocenters. The molecule has 0 aliphatic carbocycles. The number of ether oxygens (including phenoxy) is 1. The van der Waals surface area contributed by atoms with Gasteiger partial charge < -0.3 is 9.64 Å². The predicted octanol–water partition coefficient (Wildman–Crippen LogP) is 2.63. The number of benzene rings is 2. The van der Waals surface area contributed by atoms with E-state index in [9.17, 15) is 23.6 Å². The van der Waals surface area contributed by atoms with Crippen LogP contribution in [0, 0.1) is 11.3 Å². The third-order valence-corrected chi connectivity index (χ3v) is 6.27. The number of nitriles is 1. The number of hydrogen-bond donors (Lipinski definition) is 0. The van der Waals surface area contributed by atoms with Gasteiger partial charge in [0.2, 0.25) is 0 Å². The van der Waals surface area contributed by atoms with Crippen LogP contribution in [0.3, 0.4) is 0 Å². The summed E-state index contributed by atoms with van der Waals surface area (Å²) in [7, 11) is 0. The highest BCUT2D eigenvalue weighted by molar-refractivity contribution is 7.07. The summed E-state index contributed by atoms with van der Waals surface area (Å²) in [5.74, 6) is -0.381. The molecule has 1 fully saturated rings. The number of halogens is 2. The average molecular weight is 467 g/mol. The maximum Gasteiger partial charge on any atom is 0.387 e. The fraction of sp³-hybridized carbons (Fsp3) is 0.208. The third-order valence-electron chi connectivity index (χ3n) is 5.17. The second kappa shape index (κ2) is 9.79. The Morgan fingerprint density at radius 1 is 1.09 bits per heavy atom. The Labute approximate surface area is 191 Å². The van der Waals surface area contributed by atoms with Gasteiger partial charge in [-0.3, -0.25) is 14.2 Å². The van der Waals surface area contributed by atoms with E-state index < -0.39 is 6.61 Å². The summed E-state index contributed by atoms with van der Waals surface area (Å²) < 4.78 is 31.1. The van der Waals surface area contributed by atoms with Gasteiger partial charge in [0.15, 0.2) is 5.57 Å². The van der Waals surface area contributed by atoms with E-state index in [1.807, 2.05) is 6.07 Å². The lowest BCUT2D eigenvalue weighted by Gasteiger charge is -2.14. The maximum absolute atomic E-state index is 13.3. The lowest BCUT2D eigenvalue weighted by molar-refractivity contribution is -0.123. The summed E-state index contributed by atoms with van der Waals surface area (Å²) in [6.45, 7) is -1.76. The molecular formula is C24H19F2N3O3S. The minimum absolute atomic E-state index is 0.00650. The number of nitrogens with zero attached hydrogens (tertiary/aromatic N) is 3. The molecule has 0 atom stereocenters. The first kappa shape index (κ1) is 22.4. The Kier molecular flexibility index (Phi) is 6.66. The zero-order chi connectivity index (χ0) is 23.4. The Morgan fingerprint density at radius 3 is 2.36 bits per heavy atom. The minimum Gasteiger partial charge on any atom is -0.435 e. The Bertz CT molecular complexity index is 1370. The normalized spacial score (nSPS) is 15.0. The van der Waals surface area contributed by atoms with E-state index in [1.165, 1.54) is 16.7 Å². The van der Waals surface area contributed by atoms with Crippen molar-refractivity contribution in [2.24, 2.45) is 0 Å². The highest BCUT2D eigenvalue weighted by atomic mass is 32.1. The molecule has 1 saturated heterocycles. The molecule has 0 spiro atoms. The average Bonchev–Trinajstić information content (AvgIpc) is 3.45. The van der Waals surface area contributed by atoms with Crippen LogP contribution in [0.2, 0.25) is 0 Å². The minimum atomic E-state index is -2.93. The molecule has 2 heterocycles. The predicted molar refractivity (Wildman–Crippen MR) is 121 cm³/mol. The molecule has 1 aliphatic heterocycles. The summed E-state index contributed by atoms with van der Waals surface area (Å²) >= 11 is 1.05. The van der Waals surface area contributed by atoms with Gasteiger partial charge in [-0.15, -0.1) is 11.3 Å². The fourth-order valence-corrected chi connectivity index (χ4v) is 4.72. The van der Waals surface area contributed by atoms with Crippen LogP contribution in [0.5, 0.6) is 5.75 Å². The number of carbonyl (C=O) groups excluding carboxylic acids is 1. The number of thiazole rings is 1. The maximum atomic E-state index is 13.3. The van der Waals surface area contributed by atoms with Gasteiger partial charge in [0, 0.05) is 13.1 Å². The molecule has 168 valence electrons. The van der Waals surface area contributed by atoms with E-state index in [0.29, 0.717) is 28.9 Å². The van der Waals surface area contributed by atoms with Crippen LogP contribution in [0.15, 0.2) is 59.4 Å². The number of para-hydroxylation sites is 1. The van der Waals surface area contributed by atoms with Gasteiger partial charge in [-0.25, -0.2) is 0 Å². The van der Waals surface area contributed by atoms with Crippen LogP contribution >= 0.6 is 11.3 Å². The van der Waals surface area contributed by atoms with Crippen LogP contribution in [0.25, 0.3) is 17.3 Å². The van der Waals surface area contributed by atoms with Crippen molar-refractivity contribution in [2.45, 2.75) is 19.5 Å². The first-order valence-electron chi connectivity index (χ1n) is 10.3. The molecule has 0 saturated carbocycles. The number of aromatic nitrogens is 1. The third kappa shape index (κ3) is 4.86. The Hall–Kier alpha value is -3.77. The first-order chi connectivity index (χ1) is 16.0. The topological polar surface area (TPSA) is 75.3 Å². The standard InChI is InChI=1S/C24H19F2N3O3S/c25-24(26)32-18-10-8-16(9-11-18)14-20-22(31)29(17-6-2-1-3-7-17)23(33-20)19(15-27)21(30)28-12-4-5-13-28/h1-3,6-11,14,24H,4-5,12-13H2/b20-14+,23-19+. The van der Waals surface area contributed by atoms with E-state index in [-0.39, 0.29) is 27.5 Å². The van der Waals surface area contributed by atoms with Gasteiger partial charge in [-0.2, -0.15) is 14.0 Å². The number of rotatable bonds is 5. The van der Waals surface area contributed by atoms with E-state index in [4.69, 9.17) is 0 Å². The molecule has 1 aliphatic rings. The quantitative estimate of drug-likeness (QED) is 0.578. The number of amides is 1. The van der Waals surface area contributed by atoms with Gasteiger partial charge >= 0.3 is 6.61 Å². The van der Waals surface area contributed by atoms with Gasteiger partial charge in [0.1, 0.15) is 16.5 Å².